The molecule has 1 heterocycles. The number of rotatable bonds is 3. The Hall–Kier alpha value is -1.17. The lowest BCUT2D eigenvalue weighted by atomic mass is 10.1. The van der Waals surface area contributed by atoms with E-state index in [-0.39, 0.29) is 19.3 Å². The molecule has 0 aliphatic carbocycles. The molecule has 2 rings (SSSR count). The van der Waals surface area contributed by atoms with E-state index in [2.05, 4.69) is 0 Å². The van der Waals surface area contributed by atoms with Gasteiger partial charge in [-0.15, -0.1) is 0 Å². The predicted molar refractivity (Wildman–Crippen MR) is 61.4 cm³/mol. The molecule has 0 spiro atoms. The van der Waals surface area contributed by atoms with E-state index in [0.29, 0.717) is 30.9 Å². The lowest BCUT2D eigenvalue weighted by Crippen LogP contribution is -2.44. The van der Waals surface area contributed by atoms with E-state index in [0.717, 1.165) is 0 Å². The number of benzene rings is 1. The monoisotopic (exact) mass is 241 g/mol. The third-order valence-electron chi connectivity index (χ3n) is 2.94. The lowest BCUT2D eigenvalue weighted by Gasteiger charge is -2.34. The van der Waals surface area contributed by atoms with Crippen LogP contribution >= 0.6 is 0 Å². The van der Waals surface area contributed by atoms with Crippen molar-refractivity contribution in [3.05, 3.63) is 29.6 Å². The summed E-state index contributed by atoms with van der Waals surface area (Å²) in [7, 11) is 0. The van der Waals surface area contributed by atoms with Crippen molar-refractivity contribution >= 4 is 5.69 Å². The normalized spacial score (nSPS) is 20.6. The van der Waals surface area contributed by atoms with Gasteiger partial charge in [-0.2, -0.15) is 0 Å². The average molecular weight is 241 g/mol. The molecule has 1 aliphatic heterocycles. The highest BCUT2D eigenvalue weighted by molar-refractivity contribution is 5.54. The molecular weight excluding hydrogens is 225 g/mol. The Balaban J connectivity index is 2.24. The third kappa shape index (κ3) is 2.57. The zero-order chi connectivity index (χ0) is 12.3. The van der Waals surface area contributed by atoms with Crippen LogP contribution in [-0.2, 0) is 11.3 Å². The van der Waals surface area contributed by atoms with Gasteiger partial charge in [0.1, 0.15) is 5.82 Å². The summed E-state index contributed by atoms with van der Waals surface area (Å²) in [6, 6.07) is 4.72. The Labute approximate surface area is 99.2 Å². The van der Waals surface area contributed by atoms with Gasteiger partial charge in [0.2, 0.25) is 0 Å². The van der Waals surface area contributed by atoms with Crippen LogP contribution in [0.1, 0.15) is 5.56 Å². The molecule has 5 heteroatoms. The van der Waals surface area contributed by atoms with Crippen molar-refractivity contribution in [3.63, 3.8) is 0 Å². The van der Waals surface area contributed by atoms with E-state index in [1.54, 1.807) is 12.1 Å². The number of aliphatic hydroxyl groups excluding tert-OH is 2. The number of anilines is 1. The fourth-order valence-electron chi connectivity index (χ4n) is 2.05. The summed E-state index contributed by atoms with van der Waals surface area (Å²) >= 11 is 0. The molecule has 1 aromatic carbocycles. The van der Waals surface area contributed by atoms with E-state index in [4.69, 9.17) is 9.84 Å². The van der Waals surface area contributed by atoms with Crippen LogP contribution in [0.4, 0.5) is 10.1 Å². The first-order chi connectivity index (χ1) is 8.26. The number of hydrogen-bond acceptors (Lipinski definition) is 4. The van der Waals surface area contributed by atoms with E-state index >= 15 is 0 Å². The Morgan fingerprint density at radius 2 is 2.24 bits per heavy atom. The van der Waals surface area contributed by atoms with E-state index in [9.17, 15) is 9.50 Å². The van der Waals surface area contributed by atoms with Crippen LogP contribution in [0.15, 0.2) is 18.2 Å². The summed E-state index contributed by atoms with van der Waals surface area (Å²) in [5, 5.41) is 18.3. The Morgan fingerprint density at radius 1 is 1.41 bits per heavy atom. The van der Waals surface area contributed by atoms with Gasteiger partial charge in [-0.25, -0.2) is 4.39 Å². The first-order valence-electron chi connectivity index (χ1n) is 5.62. The van der Waals surface area contributed by atoms with Gasteiger partial charge >= 0.3 is 0 Å². The van der Waals surface area contributed by atoms with Crippen LogP contribution in [0.2, 0.25) is 0 Å². The van der Waals surface area contributed by atoms with Gasteiger partial charge in [0, 0.05) is 24.3 Å². The fourth-order valence-corrected chi connectivity index (χ4v) is 2.05. The molecule has 1 aliphatic rings. The molecule has 1 atom stereocenters. The van der Waals surface area contributed by atoms with Gasteiger partial charge in [0.25, 0.3) is 0 Å². The van der Waals surface area contributed by atoms with E-state index < -0.39 is 5.82 Å². The van der Waals surface area contributed by atoms with E-state index in [1.807, 2.05) is 4.90 Å². The first kappa shape index (κ1) is 12.3. The van der Waals surface area contributed by atoms with Crippen molar-refractivity contribution in [2.75, 3.05) is 31.2 Å². The number of aliphatic hydroxyl groups is 2. The quantitative estimate of drug-likeness (QED) is 0.810. The molecule has 0 aromatic heterocycles. The second-order valence-electron chi connectivity index (χ2n) is 4.02. The molecule has 1 saturated heterocycles. The second-order valence-corrected chi connectivity index (χ2v) is 4.02. The summed E-state index contributed by atoms with van der Waals surface area (Å²) < 4.78 is 18.9. The summed E-state index contributed by atoms with van der Waals surface area (Å²) in [4.78, 5) is 1.93. The maximum absolute atomic E-state index is 13.5. The van der Waals surface area contributed by atoms with Crippen molar-refractivity contribution < 1.29 is 19.3 Å². The number of halogens is 1. The van der Waals surface area contributed by atoms with Crippen molar-refractivity contribution in [3.8, 4) is 0 Å². The average Bonchev–Trinajstić information content (AvgIpc) is 2.38. The topological polar surface area (TPSA) is 52.9 Å². The number of ether oxygens (including phenoxy) is 1. The van der Waals surface area contributed by atoms with Crippen molar-refractivity contribution in [2.45, 2.75) is 12.7 Å². The zero-order valence-corrected chi connectivity index (χ0v) is 9.47. The molecule has 1 fully saturated rings. The van der Waals surface area contributed by atoms with Gasteiger partial charge < -0.3 is 19.8 Å². The Morgan fingerprint density at radius 3 is 2.94 bits per heavy atom. The van der Waals surface area contributed by atoms with Gasteiger partial charge in [-0.1, -0.05) is 6.07 Å². The Kier molecular flexibility index (Phi) is 3.93. The SMILES string of the molecule is OCc1c(F)cccc1N1CCOC(CO)C1. The first-order valence-corrected chi connectivity index (χ1v) is 5.62. The predicted octanol–water partition coefficient (Wildman–Crippen LogP) is 0.515. The van der Waals surface area contributed by atoms with E-state index in [1.165, 1.54) is 6.07 Å². The van der Waals surface area contributed by atoms with Crippen LogP contribution in [0.3, 0.4) is 0 Å². The molecule has 94 valence electrons. The highest BCUT2D eigenvalue weighted by Gasteiger charge is 2.22. The number of morpholine rings is 1. The molecule has 1 unspecified atom stereocenters. The van der Waals surface area contributed by atoms with Crippen LogP contribution in [-0.4, -0.2) is 42.6 Å². The van der Waals surface area contributed by atoms with Crippen molar-refractivity contribution in [1.29, 1.82) is 0 Å². The minimum Gasteiger partial charge on any atom is -0.394 e. The van der Waals surface area contributed by atoms with Crippen LogP contribution in [0.5, 0.6) is 0 Å². The molecule has 0 saturated carbocycles. The summed E-state index contributed by atoms with van der Waals surface area (Å²) in [6.45, 7) is 1.25. The van der Waals surface area contributed by atoms with Gasteiger partial charge in [-0.05, 0) is 12.1 Å². The lowest BCUT2D eigenvalue weighted by molar-refractivity contribution is 0.00346. The smallest absolute Gasteiger partial charge is 0.130 e. The van der Waals surface area contributed by atoms with Crippen molar-refractivity contribution in [2.24, 2.45) is 0 Å². The summed E-state index contributed by atoms with van der Waals surface area (Å²) in [6.07, 6.45) is -0.251. The molecule has 0 bridgehead atoms. The maximum atomic E-state index is 13.5. The molecule has 0 amide bonds. The summed E-state index contributed by atoms with van der Waals surface area (Å²) in [5.74, 6) is -0.406. The van der Waals surface area contributed by atoms with Crippen LogP contribution in [0.25, 0.3) is 0 Å². The zero-order valence-electron chi connectivity index (χ0n) is 9.47. The number of hydrogen-bond donors (Lipinski definition) is 2. The highest BCUT2D eigenvalue weighted by atomic mass is 19.1. The standard InChI is InChI=1S/C12H16FNO3/c13-11-2-1-3-12(10(11)8-16)14-4-5-17-9(6-14)7-15/h1-3,9,15-16H,4-8H2. The van der Waals surface area contributed by atoms with Gasteiger partial charge in [-0.3, -0.25) is 0 Å². The number of nitrogens with zero attached hydrogens (tertiary/aromatic N) is 1. The molecule has 2 N–H and O–H groups in total. The largest absolute Gasteiger partial charge is 0.394 e. The van der Waals surface area contributed by atoms with Crippen molar-refractivity contribution in [1.82, 2.24) is 0 Å². The minimum absolute atomic E-state index is 0.0553. The second kappa shape index (κ2) is 5.44. The maximum Gasteiger partial charge on any atom is 0.130 e. The molecule has 0 radical (unpaired) electrons. The molecule has 17 heavy (non-hydrogen) atoms. The molecule has 4 nitrogen and oxygen atoms in total. The molecule has 1 aromatic rings. The van der Waals surface area contributed by atoms with Crippen LogP contribution in [0, 0.1) is 5.82 Å². The molecular formula is C12H16FNO3. The Bertz CT molecular complexity index is 386. The minimum atomic E-state index is -0.406. The van der Waals surface area contributed by atoms with Gasteiger partial charge in [0.05, 0.1) is 25.9 Å². The fraction of sp³-hybridized carbons (Fsp3) is 0.500. The van der Waals surface area contributed by atoms with Crippen LogP contribution < -0.4 is 4.90 Å². The van der Waals surface area contributed by atoms with Gasteiger partial charge in [0.15, 0.2) is 0 Å². The highest BCUT2D eigenvalue weighted by Crippen LogP contribution is 2.25. The third-order valence-corrected chi connectivity index (χ3v) is 2.94. The summed E-state index contributed by atoms with van der Waals surface area (Å²) in [5.41, 5.74) is 0.973.